The molecule has 1 saturated carbocycles. The third-order valence-corrected chi connectivity index (χ3v) is 10.1. The number of hydrogen-bond donors (Lipinski definition) is 1. The molecule has 1 aliphatic carbocycles. The molecule has 2 fully saturated rings. The summed E-state index contributed by atoms with van der Waals surface area (Å²) < 4.78 is 67.1. The molecule has 2 atom stereocenters. The Morgan fingerprint density at radius 3 is 2.14 bits per heavy atom. The number of likely N-dealkylation sites (tertiary alicyclic amines) is 1. The molecule has 1 saturated heterocycles. The fraction of sp³-hybridized carbons (Fsp3) is 0.424. The van der Waals surface area contributed by atoms with E-state index >= 15 is 8.78 Å². The van der Waals surface area contributed by atoms with E-state index in [1.54, 1.807) is 24.3 Å². The van der Waals surface area contributed by atoms with Gasteiger partial charge >= 0.3 is 0 Å². The summed E-state index contributed by atoms with van der Waals surface area (Å²) in [6, 6.07) is 15.8. The molecular formula is C33H37ClF2N2O4S. The van der Waals surface area contributed by atoms with Gasteiger partial charge in [-0.25, -0.2) is 8.42 Å². The highest BCUT2D eigenvalue weighted by atomic mass is 35.5. The first-order chi connectivity index (χ1) is 20.5. The Kier molecular flexibility index (Phi) is 9.73. The monoisotopic (exact) mass is 630 g/mol. The highest BCUT2D eigenvalue weighted by Crippen LogP contribution is 2.36. The topological polar surface area (TPSA) is 75.7 Å². The second-order valence-electron chi connectivity index (χ2n) is 11.7. The lowest BCUT2D eigenvalue weighted by atomic mass is 9.90. The van der Waals surface area contributed by atoms with Crippen LogP contribution in [0.15, 0.2) is 77.7 Å². The number of nitrogens with zero attached hydrogens (tertiary/aromatic N) is 1. The second kappa shape index (κ2) is 13.3. The van der Waals surface area contributed by atoms with Crippen molar-refractivity contribution in [1.29, 1.82) is 0 Å². The number of amides is 1. The average Bonchev–Trinajstić information content (AvgIpc) is 3.46. The van der Waals surface area contributed by atoms with Gasteiger partial charge in [-0.15, -0.1) is 0 Å². The zero-order chi connectivity index (χ0) is 30.6. The third kappa shape index (κ3) is 7.56. The van der Waals surface area contributed by atoms with E-state index in [0.717, 1.165) is 18.4 Å². The van der Waals surface area contributed by atoms with Crippen LogP contribution in [-0.4, -0.2) is 45.0 Å². The van der Waals surface area contributed by atoms with Crippen molar-refractivity contribution >= 4 is 27.5 Å². The first-order valence-corrected chi connectivity index (χ1v) is 16.7. The summed E-state index contributed by atoms with van der Waals surface area (Å²) in [5.41, 5.74) is 0.994. The van der Waals surface area contributed by atoms with E-state index in [1.165, 1.54) is 72.7 Å². The molecule has 0 bridgehead atoms. The summed E-state index contributed by atoms with van der Waals surface area (Å²) in [7, 11) is -4.49. The minimum atomic E-state index is -4.49. The molecule has 1 heterocycles. The van der Waals surface area contributed by atoms with Gasteiger partial charge in [-0.05, 0) is 78.6 Å². The van der Waals surface area contributed by atoms with Crippen LogP contribution in [0.4, 0.5) is 8.78 Å². The number of rotatable bonds is 10. The van der Waals surface area contributed by atoms with Crippen molar-refractivity contribution in [3.63, 3.8) is 0 Å². The van der Waals surface area contributed by atoms with Gasteiger partial charge < -0.3 is 9.64 Å². The predicted molar refractivity (Wildman–Crippen MR) is 164 cm³/mol. The van der Waals surface area contributed by atoms with Crippen LogP contribution in [0.1, 0.15) is 51.0 Å². The zero-order valence-corrected chi connectivity index (χ0v) is 25.7. The number of carbonyl (C=O) groups is 1. The van der Waals surface area contributed by atoms with E-state index in [9.17, 15) is 13.2 Å². The molecule has 0 spiro atoms. The van der Waals surface area contributed by atoms with Crippen LogP contribution in [-0.2, 0) is 20.7 Å². The van der Waals surface area contributed by atoms with Crippen LogP contribution in [0.3, 0.4) is 0 Å². The average molecular weight is 631 g/mol. The molecule has 0 aromatic heterocycles. The quantitative estimate of drug-likeness (QED) is 0.256. The fourth-order valence-electron chi connectivity index (χ4n) is 5.80. The van der Waals surface area contributed by atoms with Gasteiger partial charge in [0.05, 0.1) is 11.5 Å². The molecule has 1 aliphatic heterocycles. The van der Waals surface area contributed by atoms with Gasteiger partial charge in [-0.1, -0.05) is 74.2 Å². The third-order valence-electron chi connectivity index (χ3n) is 8.41. The van der Waals surface area contributed by atoms with E-state index < -0.39 is 33.5 Å². The standard InChI is InChI=1S/C33H37ClF2N2O4S/c1-23-19-20-38(21-23)32(39)31(33(35,36)27-11-7-25(8-12-27)26-9-13-28(34)14-10-26)37-43(40,41)30-17-15-29(16-18-30)42-22-24-5-3-2-4-6-24/h7-18,23-24,31,37H,2-6,19-22H2,1H3/t23-,31?/m1/s1. The molecule has 230 valence electrons. The molecule has 1 N–H and O–H groups in total. The molecule has 3 aromatic rings. The normalized spacial score (nSPS) is 18.9. The van der Waals surface area contributed by atoms with E-state index in [2.05, 4.69) is 4.72 Å². The highest BCUT2D eigenvalue weighted by Gasteiger charge is 2.50. The van der Waals surface area contributed by atoms with E-state index in [4.69, 9.17) is 16.3 Å². The van der Waals surface area contributed by atoms with Crippen molar-refractivity contribution in [2.24, 2.45) is 11.8 Å². The first-order valence-electron chi connectivity index (χ1n) is 14.8. The Labute approximate surface area is 257 Å². The number of benzene rings is 3. The maximum absolute atomic E-state index is 16.2. The maximum atomic E-state index is 16.2. The first kappa shape index (κ1) is 31.4. The van der Waals surface area contributed by atoms with Gasteiger partial charge in [0.25, 0.3) is 5.92 Å². The summed E-state index contributed by atoms with van der Waals surface area (Å²) in [6.45, 7) is 3.06. The van der Waals surface area contributed by atoms with Gasteiger partial charge in [0.15, 0.2) is 6.04 Å². The Bertz CT molecular complexity index is 1490. The summed E-state index contributed by atoms with van der Waals surface area (Å²) in [5.74, 6) is -3.67. The molecule has 1 amide bonds. The Hall–Kier alpha value is -3.01. The van der Waals surface area contributed by atoms with Crippen molar-refractivity contribution < 1.29 is 26.7 Å². The Balaban J connectivity index is 1.37. The van der Waals surface area contributed by atoms with Crippen molar-refractivity contribution in [2.45, 2.75) is 62.3 Å². The lowest BCUT2D eigenvalue weighted by Gasteiger charge is -2.30. The Morgan fingerprint density at radius 2 is 1.56 bits per heavy atom. The van der Waals surface area contributed by atoms with Crippen molar-refractivity contribution in [2.75, 3.05) is 19.7 Å². The lowest BCUT2D eigenvalue weighted by molar-refractivity contribution is -0.143. The summed E-state index contributed by atoms with van der Waals surface area (Å²) >= 11 is 5.96. The van der Waals surface area contributed by atoms with Gasteiger partial charge in [-0.3, -0.25) is 4.79 Å². The van der Waals surface area contributed by atoms with E-state index in [0.29, 0.717) is 35.3 Å². The SMILES string of the molecule is C[C@@H]1CCN(C(=O)C(NS(=O)(=O)c2ccc(OCC3CCCCC3)cc2)C(F)(F)c2ccc(-c3ccc(Cl)cc3)cc2)C1. The molecular weight excluding hydrogens is 594 g/mol. The van der Waals surface area contributed by atoms with Crippen LogP contribution in [0.25, 0.3) is 11.1 Å². The van der Waals surface area contributed by atoms with Crippen LogP contribution < -0.4 is 9.46 Å². The van der Waals surface area contributed by atoms with E-state index in [1.807, 2.05) is 6.92 Å². The van der Waals surface area contributed by atoms with Crippen LogP contribution in [0.5, 0.6) is 5.75 Å². The number of nitrogens with one attached hydrogen (secondary N) is 1. The minimum Gasteiger partial charge on any atom is -0.493 e. The number of halogens is 3. The minimum absolute atomic E-state index is 0.134. The molecule has 43 heavy (non-hydrogen) atoms. The number of hydrogen-bond acceptors (Lipinski definition) is 4. The van der Waals surface area contributed by atoms with Gasteiger partial charge in [0.1, 0.15) is 5.75 Å². The summed E-state index contributed by atoms with van der Waals surface area (Å²) in [6.07, 6.45) is 6.49. The summed E-state index contributed by atoms with van der Waals surface area (Å²) in [5, 5.41) is 0.554. The smallest absolute Gasteiger partial charge is 0.298 e. The summed E-state index contributed by atoms with van der Waals surface area (Å²) in [4.78, 5) is 14.6. The Morgan fingerprint density at radius 1 is 0.953 bits per heavy atom. The van der Waals surface area contributed by atoms with E-state index in [-0.39, 0.29) is 23.9 Å². The maximum Gasteiger partial charge on any atom is 0.298 e. The van der Waals surface area contributed by atoms with Crippen molar-refractivity contribution in [3.05, 3.63) is 83.4 Å². The van der Waals surface area contributed by atoms with Crippen molar-refractivity contribution in [1.82, 2.24) is 9.62 Å². The molecule has 0 radical (unpaired) electrons. The highest BCUT2D eigenvalue weighted by molar-refractivity contribution is 7.89. The van der Waals surface area contributed by atoms with Crippen LogP contribution in [0.2, 0.25) is 5.02 Å². The number of ether oxygens (including phenoxy) is 1. The largest absolute Gasteiger partial charge is 0.493 e. The van der Waals surface area contributed by atoms with Gasteiger partial charge in [-0.2, -0.15) is 13.5 Å². The molecule has 5 rings (SSSR count). The van der Waals surface area contributed by atoms with Crippen LogP contribution in [0, 0.1) is 11.8 Å². The zero-order valence-electron chi connectivity index (χ0n) is 24.1. The lowest BCUT2D eigenvalue weighted by Crippen LogP contribution is -2.55. The number of alkyl halides is 2. The predicted octanol–water partition coefficient (Wildman–Crippen LogP) is 7.27. The second-order valence-corrected chi connectivity index (χ2v) is 13.9. The molecule has 1 unspecified atom stereocenters. The molecule has 3 aromatic carbocycles. The van der Waals surface area contributed by atoms with Crippen molar-refractivity contribution in [3.8, 4) is 16.9 Å². The number of sulfonamides is 1. The van der Waals surface area contributed by atoms with Gasteiger partial charge in [0, 0.05) is 23.7 Å². The number of carbonyl (C=O) groups excluding carboxylic acids is 1. The van der Waals surface area contributed by atoms with Gasteiger partial charge in [0.2, 0.25) is 15.9 Å². The molecule has 6 nitrogen and oxygen atoms in total. The molecule has 10 heteroatoms. The fourth-order valence-corrected chi connectivity index (χ4v) is 7.11. The van der Waals surface area contributed by atoms with Crippen LogP contribution >= 0.6 is 11.6 Å². The molecule has 2 aliphatic rings.